The third-order valence-corrected chi connectivity index (χ3v) is 5.58. The summed E-state index contributed by atoms with van der Waals surface area (Å²) in [6, 6.07) is 30.9. The van der Waals surface area contributed by atoms with Crippen molar-refractivity contribution in [2.24, 2.45) is 5.92 Å². The Bertz CT molecular complexity index is 886. The summed E-state index contributed by atoms with van der Waals surface area (Å²) in [6.45, 7) is 4.60. The average Bonchev–Trinajstić information content (AvgIpc) is 3.44. The van der Waals surface area contributed by atoms with Gasteiger partial charge in [-0.05, 0) is 58.1 Å². The van der Waals surface area contributed by atoms with Gasteiger partial charge >= 0.3 is 0 Å². The number of allylic oxidation sites excluding steroid dienone is 1. The molecule has 1 aliphatic rings. The van der Waals surface area contributed by atoms with Crippen LogP contribution in [0.4, 0.5) is 0 Å². The van der Waals surface area contributed by atoms with Crippen molar-refractivity contribution >= 4 is 11.1 Å². The van der Waals surface area contributed by atoms with Crippen LogP contribution in [0.25, 0.3) is 11.1 Å². The Morgan fingerprint density at radius 2 is 1.23 bits per heavy atom. The van der Waals surface area contributed by atoms with Crippen molar-refractivity contribution in [1.29, 1.82) is 0 Å². The smallest absolute Gasteiger partial charge is 0.00735 e. The van der Waals surface area contributed by atoms with E-state index in [9.17, 15) is 0 Å². The SMILES string of the molecule is CC/C(=C(\c1ccccc1)c1ccc([C@H]2C[C@@H]2C)cc1)c1ccccc1. The maximum atomic E-state index is 2.35. The summed E-state index contributed by atoms with van der Waals surface area (Å²) >= 11 is 0. The minimum absolute atomic E-state index is 0.771. The molecule has 130 valence electrons. The maximum Gasteiger partial charge on any atom is -0.00735 e. The first-order chi connectivity index (χ1) is 12.8. The van der Waals surface area contributed by atoms with Crippen molar-refractivity contribution in [3.8, 4) is 0 Å². The van der Waals surface area contributed by atoms with Crippen molar-refractivity contribution in [2.75, 3.05) is 0 Å². The molecule has 0 spiro atoms. The summed E-state index contributed by atoms with van der Waals surface area (Å²) in [4.78, 5) is 0. The summed E-state index contributed by atoms with van der Waals surface area (Å²) in [5.74, 6) is 1.62. The van der Waals surface area contributed by atoms with E-state index < -0.39 is 0 Å². The van der Waals surface area contributed by atoms with E-state index in [2.05, 4.69) is 98.8 Å². The van der Waals surface area contributed by atoms with E-state index in [1.54, 1.807) is 0 Å². The fourth-order valence-corrected chi connectivity index (χ4v) is 3.97. The van der Waals surface area contributed by atoms with Crippen LogP contribution in [0.1, 0.15) is 54.9 Å². The van der Waals surface area contributed by atoms with Crippen LogP contribution in [0.15, 0.2) is 84.9 Å². The predicted octanol–water partition coefficient (Wildman–Crippen LogP) is 7.18. The fraction of sp³-hybridized carbons (Fsp3) is 0.231. The lowest BCUT2D eigenvalue weighted by Gasteiger charge is -2.16. The highest BCUT2D eigenvalue weighted by molar-refractivity contribution is 5.98. The topological polar surface area (TPSA) is 0 Å². The van der Waals surface area contributed by atoms with E-state index in [1.807, 2.05) is 0 Å². The van der Waals surface area contributed by atoms with E-state index >= 15 is 0 Å². The Hall–Kier alpha value is -2.60. The van der Waals surface area contributed by atoms with Gasteiger partial charge in [-0.3, -0.25) is 0 Å². The number of hydrogen-bond donors (Lipinski definition) is 0. The molecule has 26 heavy (non-hydrogen) atoms. The highest BCUT2D eigenvalue weighted by Crippen LogP contribution is 2.47. The van der Waals surface area contributed by atoms with Crippen LogP contribution in [0.2, 0.25) is 0 Å². The molecule has 0 heteroatoms. The first kappa shape index (κ1) is 16.8. The molecular formula is C26H26. The molecule has 1 saturated carbocycles. The molecule has 0 aromatic heterocycles. The molecule has 3 aromatic rings. The standard InChI is InChI=1S/C26H26/c1-3-24(20-10-6-4-7-11-20)26(22-12-8-5-9-13-22)23-16-14-21(15-17-23)25-18-19(25)2/h4-17,19,25H,3,18H2,1-2H3/b26-24-/t19-,25-/m0/s1. The van der Waals surface area contributed by atoms with Crippen LogP contribution >= 0.6 is 0 Å². The molecule has 4 rings (SSSR count). The van der Waals surface area contributed by atoms with Gasteiger partial charge in [-0.15, -0.1) is 0 Å². The zero-order chi connectivity index (χ0) is 17.9. The first-order valence-corrected chi connectivity index (χ1v) is 9.72. The van der Waals surface area contributed by atoms with E-state index in [1.165, 1.54) is 39.8 Å². The summed E-state index contributed by atoms with van der Waals surface area (Å²) in [5, 5.41) is 0. The fourth-order valence-electron chi connectivity index (χ4n) is 3.97. The normalized spacial score (nSPS) is 19.8. The average molecular weight is 338 g/mol. The zero-order valence-corrected chi connectivity index (χ0v) is 15.7. The monoisotopic (exact) mass is 338 g/mol. The third kappa shape index (κ3) is 3.37. The van der Waals surface area contributed by atoms with Crippen LogP contribution in [0, 0.1) is 5.92 Å². The van der Waals surface area contributed by atoms with Crippen molar-refractivity contribution in [1.82, 2.24) is 0 Å². The molecule has 0 N–H and O–H groups in total. The Kier molecular flexibility index (Phi) is 4.75. The Morgan fingerprint density at radius 1 is 0.731 bits per heavy atom. The van der Waals surface area contributed by atoms with Crippen LogP contribution in [-0.4, -0.2) is 0 Å². The van der Waals surface area contributed by atoms with Crippen molar-refractivity contribution in [3.05, 3.63) is 107 Å². The summed E-state index contributed by atoms with van der Waals surface area (Å²) in [5.41, 5.74) is 8.17. The highest BCUT2D eigenvalue weighted by atomic mass is 14.4. The molecule has 0 unspecified atom stereocenters. The molecule has 2 atom stereocenters. The molecule has 1 fully saturated rings. The van der Waals surface area contributed by atoms with Crippen LogP contribution in [0.3, 0.4) is 0 Å². The Morgan fingerprint density at radius 3 is 1.73 bits per heavy atom. The Labute approximate surface area is 157 Å². The van der Waals surface area contributed by atoms with Gasteiger partial charge in [0.15, 0.2) is 0 Å². The van der Waals surface area contributed by atoms with E-state index in [0.29, 0.717) is 0 Å². The van der Waals surface area contributed by atoms with Gasteiger partial charge in [0, 0.05) is 0 Å². The van der Waals surface area contributed by atoms with E-state index in [4.69, 9.17) is 0 Å². The van der Waals surface area contributed by atoms with Crippen molar-refractivity contribution in [2.45, 2.75) is 32.6 Å². The molecule has 1 aliphatic carbocycles. The van der Waals surface area contributed by atoms with Gasteiger partial charge in [0.2, 0.25) is 0 Å². The van der Waals surface area contributed by atoms with E-state index in [0.717, 1.165) is 18.3 Å². The second-order valence-electron chi connectivity index (χ2n) is 7.38. The number of hydrogen-bond acceptors (Lipinski definition) is 0. The molecule has 3 aromatic carbocycles. The van der Waals surface area contributed by atoms with E-state index in [-0.39, 0.29) is 0 Å². The number of rotatable bonds is 5. The van der Waals surface area contributed by atoms with Crippen LogP contribution in [-0.2, 0) is 0 Å². The van der Waals surface area contributed by atoms with Gasteiger partial charge in [-0.1, -0.05) is 98.8 Å². The minimum Gasteiger partial charge on any atom is -0.0622 e. The lowest BCUT2D eigenvalue weighted by atomic mass is 9.88. The molecule has 0 bridgehead atoms. The highest BCUT2D eigenvalue weighted by Gasteiger charge is 2.33. The van der Waals surface area contributed by atoms with Gasteiger partial charge in [-0.25, -0.2) is 0 Å². The quantitative estimate of drug-likeness (QED) is 0.432. The summed E-state index contributed by atoms with van der Waals surface area (Å²) < 4.78 is 0. The first-order valence-electron chi connectivity index (χ1n) is 9.72. The van der Waals surface area contributed by atoms with Crippen LogP contribution in [0.5, 0.6) is 0 Å². The number of benzene rings is 3. The summed E-state index contributed by atoms with van der Waals surface area (Å²) in [6.07, 6.45) is 2.35. The van der Waals surface area contributed by atoms with Crippen molar-refractivity contribution in [3.63, 3.8) is 0 Å². The predicted molar refractivity (Wildman–Crippen MR) is 112 cm³/mol. The lowest BCUT2D eigenvalue weighted by Crippen LogP contribution is -1.95. The van der Waals surface area contributed by atoms with Gasteiger partial charge < -0.3 is 0 Å². The largest absolute Gasteiger partial charge is 0.0622 e. The second kappa shape index (κ2) is 7.33. The second-order valence-corrected chi connectivity index (χ2v) is 7.38. The molecule has 0 nitrogen and oxygen atoms in total. The molecule has 0 saturated heterocycles. The molecular weight excluding hydrogens is 312 g/mol. The van der Waals surface area contributed by atoms with Gasteiger partial charge in [0.1, 0.15) is 0 Å². The van der Waals surface area contributed by atoms with Crippen LogP contribution < -0.4 is 0 Å². The molecule has 0 radical (unpaired) electrons. The maximum absolute atomic E-state index is 2.35. The summed E-state index contributed by atoms with van der Waals surface area (Å²) in [7, 11) is 0. The van der Waals surface area contributed by atoms with Gasteiger partial charge in [0.25, 0.3) is 0 Å². The minimum atomic E-state index is 0.771. The Balaban J connectivity index is 1.85. The molecule has 0 amide bonds. The van der Waals surface area contributed by atoms with Crippen molar-refractivity contribution < 1.29 is 0 Å². The van der Waals surface area contributed by atoms with Gasteiger partial charge in [-0.2, -0.15) is 0 Å². The third-order valence-electron chi connectivity index (χ3n) is 5.58. The lowest BCUT2D eigenvalue weighted by molar-refractivity contribution is 0.914. The molecule has 0 heterocycles. The van der Waals surface area contributed by atoms with Gasteiger partial charge in [0.05, 0.1) is 0 Å². The zero-order valence-electron chi connectivity index (χ0n) is 15.7. The molecule has 0 aliphatic heterocycles.